The third-order valence-corrected chi connectivity index (χ3v) is 5.04. The maximum atomic E-state index is 12.7. The van der Waals surface area contributed by atoms with Crippen molar-refractivity contribution in [1.29, 1.82) is 0 Å². The maximum absolute atomic E-state index is 12.7. The maximum Gasteiger partial charge on any atom is 0.263 e. The van der Waals surface area contributed by atoms with Crippen LogP contribution in [0.2, 0.25) is 0 Å². The molecule has 1 aliphatic rings. The molecule has 1 aromatic carbocycles. The molecule has 5 heteroatoms. The first-order valence-corrected chi connectivity index (χ1v) is 8.72. The van der Waals surface area contributed by atoms with Crippen molar-refractivity contribution in [3.63, 3.8) is 0 Å². The summed E-state index contributed by atoms with van der Waals surface area (Å²) < 4.78 is 0. The van der Waals surface area contributed by atoms with E-state index in [9.17, 15) is 9.59 Å². The molecule has 1 aromatic heterocycles. The van der Waals surface area contributed by atoms with E-state index in [1.165, 1.54) is 11.3 Å². The summed E-state index contributed by atoms with van der Waals surface area (Å²) >= 11 is 1.47. The molecule has 0 saturated carbocycles. The van der Waals surface area contributed by atoms with Crippen LogP contribution in [0.5, 0.6) is 0 Å². The number of hydrogen-bond acceptors (Lipinski definition) is 3. The summed E-state index contributed by atoms with van der Waals surface area (Å²) in [6, 6.07) is 11.4. The molecule has 1 saturated heterocycles. The summed E-state index contributed by atoms with van der Waals surface area (Å²) in [5.74, 6) is 0.138. The van der Waals surface area contributed by atoms with Gasteiger partial charge < -0.3 is 9.80 Å². The number of carbonyl (C=O) groups is 2. The number of amides is 2. The largest absolute Gasteiger partial charge is 0.337 e. The highest BCUT2D eigenvalue weighted by atomic mass is 32.1. The summed E-state index contributed by atoms with van der Waals surface area (Å²) in [6.45, 7) is 4.53. The molecule has 4 nitrogen and oxygen atoms in total. The fourth-order valence-corrected chi connectivity index (χ4v) is 3.55. The second kappa shape index (κ2) is 6.96. The van der Waals surface area contributed by atoms with Crippen molar-refractivity contribution in [3.8, 4) is 0 Å². The van der Waals surface area contributed by atoms with Gasteiger partial charge in [-0.2, -0.15) is 0 Å². The monoisotopic (exact) mass is 328 g/mol. The zero-order valence-corrected chi connectivity index (χ0v) is 14.0. The summed E-state index contributed by atoms with van der Waals surface area (Å²) in [5.41, 5.74) is 1.75. The van der Waals surface area contributed by atoms with Crippen molar-refractivity contribution < 1.29 is 9.59 Å². The minimum atomic E-state index is 0.0634. The van der Waals surface area contributed by atoms with E-state index in [1.807, 2.05) is 58.5 Å². The fourth-order valence-electron chi connectivity index (χ4n) is 2.86. The Morgan fingerprint density at radius 3 is 2.26 bits per heavy atom. The third-order valence-electron chi connectivity index (χ3n) is 4.18. The van der Waals surface area contributed by atoms with Crippen LogP contribution < -0.4 is 0 Å². The summed E-state index contributed by atoms with van der Waals surface area (Å²) in [4.78, 5) is 29.6. The van der Waals surface area contributed by atoms with Crippen molar-refractivity contribution in [2.75, 3.05) is 26.2 Å². The Kier molecular flexibility index (Phi) is 4.76. The first-order chi connectivity index (χ1) is 11.2. The molecule has 0 N–H and O–H groups in total. The molecule has 0 unspecified atom stereocenters. The highest BCUT2D eigenvalue weighted by Gasteiger charge is 2.24. The molecule has 0 atom stereocenters. The van der Waals surface area contributed by atoms with Gasteiger partial charge in [0.2, 0.25) is 0 Å². The van der Waals surface area contributed by atoms with E-state index in [0.717, 1.165) is 22.4 Å². The van der Waals surface area contributed by atoms with Crippen molar-refractivity contribution in [2.24, 2.45) is 0 Å². The molecule has 120 valence electrons. The average molecular weight is 328 g/mol. The highest BCUT2D eigenvalue weighted by molar-refractivity contribution is 7.12. The lowest BCUT2D eigenvalue weighted by molar-refractivity contribution is 0.0720. The van der Waals surface area contributed by atoms with E-state index in [0.29, 0.717) is 26.2 Å². The van der Waals surface area contributed by atoms with Gasteiger partial charge in [0.25, 0.3) is 11.8 Å². The molecule has 2 heterocycles. The highest BCUT2D eigenvalue weighted by Crippen LogP contribution is 2.16. The summed E-state index contributed by atoms with van der Waals surface area (Å²) in [7, 11) is 0. The molecule has 0 aliphatic carbocycles. The minimum absolute atomic E-state index is 0.0634. The minimum Gasteiger partial charge on any atom is -0.337 e. The van der Waals surface area contributed by atoms with Crippen LogP contribution in [-0.4, -0.2) is 47.8 Å². The first kappa shape index (κ1) is 15.7. The van der Waals surface area contributed by atoms with Crippen LogP contribution in [-0.2, 0) is 0 Å². The van der Waals surface area contributed by atoms with Crippen LogP contribution in [0.3, 0.4) is 0 Å². The molecule has 3 rings (SSSR count). The Morgan fingerprint density at radius 1 is 0.913 bits per heavy atom. The number of benzene rings is 1. The van der Waals surface area contributed by atoms with Gasteiger partial charge in [0.1, 0.15) is 0 Å². The smallest absolute Gasteiger partial charge is 0.263 e. The molecular weight excluding hydrogens is 308 g/mol. The van der Waals surface area contributed by atoms with Gasteiger partial charge in [-0.15, -0.1) is 11.3 Å². The molecular formula is C18H20N2O2S. The predicted octanol–water partition coefficient (Wildman–Crippen LogP) is 3.04. The van der Waals surface area contributed by atoms with Gasteiger partial charge in [-0.3, -0.25) is 9.59 Å². The van der Waals surface area contributed by atoms with Crippen LogP contribution in [0, 0.1) is 6.92 Å². The SMILES string of the molecule is Cc1ccccc1C(=O)N1CCCN(C(=O)c2cccs2)CC1. The van der Waals surface area contributed by atoms with E-state index in [-0.39, 0.29) is 11.8 Å². The Morgan fingerprint density at radius 2 is 1.61 bits per heavy atom. The van der Waals surface area contributed by atoms with Gasteiger partial charge in [0, 0.05) is 31.7 Å². The topological polar surface area (TPSA) is 40.6 Å². The zero-order valence-electron chi connectivity index (χ0n) is 13.2. The van der Waals surface area contributed by atoms with Crippen molar-refractivity contribution >= 4 is 23.2 Å². The first-order valence-electron chi connectivity index (χ1n) is 7.84. The fraction of sp³-hybridized carbons (Fsp3) is 0.333. The number of hydrogen-bond donors (Lipinski definition) is 0. The van der Waals surface area contributed by atoms with Crippen LogP contribution in [0.1, 0.15) is 32.0 Å². The Balaban J connectivity index is 1.68. The van der Waals surface area contributed by atoms with E-state index >= 15 is 0 Å². The van der Waals surface area contributed by atoms with E-state index in [1.54, 1.807) is 0 Å². The predicted molar refractivity (Wildman–Crippen MR) is 91.9 cm³/mol. The normalized spacial score (nSPS) is 15.3. The van der Waals surface area contributed by atoms with Crippen molar-refractivity contribution in [3.05, 3.63) is 57.8 Å². The number of carbonyl (C=O) groups excluding carboxylic acids is 2. The van der Waals surface area contributed by atoms with Gasteiger partial charge in [-0.05, 0) is 36.4 Å². The Bertz CT molecular complexity index is 697. The van der Waals surface area contributed by atoms with Gasteiger partial charge in [-0.25, -0.2) is 0 Å². The van der Waals surface area contributed by atoms with E-state index in [4.69, 9.17) is 0 Å². The number of thiophene rings is 1. The van der Waals surface area contributed by atoms with Gasteiger partial charge in [-0.1, -0.05) is 24.3 Å². The Hall–Kier alpha value is -2.14. The third kappa shape index (κ3) is 3.45. The standard InChI is InChI=1S/C18H20N2O2S/c1-14-6-2-3-7-15(14)17(21)19-9-5-10-20(12-11-19)18(22)16-8-4-13-23-16/h2-4,6-8,13H,5,9-12H2,1H3. The van der Waals surface area contributed by atoms with Crippen molar-refractivity contribution in [1.82, 2.24) is 9.80 Å². The molecule has 23 heavy (non-hydrogen) atoms. The van der Waals surface area contributed by atoms with Crippen LogP contribution >= 0.6 is 11.3 Å². The molecule has 0 radical (unpaired) electrons. The van der Waals surface area contributed by atoms with Gasteiger partial charge in [0.05, 0.1) is 4.88 Å². The van der Waals surface area contributed by atoms with Crippen LogP contribution in [0.25, 0.3) is 0 Å². The quantitative estimate of drug-likeness (QED) is 0.850. The van der Waals surface area contributed by atoms with Gasteiger partial charge in [0.15, 0.2) is 0 Å². The number of rotatable bonds is 2. The van der Waals surface area contributed by atoms with Crippen LogP contribution in [0.15, 0.2) is 41.8 Å². The van der Waals surface area contributed by atoms with E-state index < -0.39 is 0 Å². The van der Waals surface area contributed by atoms with Crippen LogP contribution in [0.4, 0.5) is 0 Å². The molecule has 2 aromatic rings. The second-order valence-electron chi connectivity index (χ2n) is 5.73. The summed E-state index contributed by atoms with van der Waals surface area (Å²) in [5, 5.41) is 1.92. The van der Waals surface area contributed by atoms with Crippen molar-refractivity contribution in [2.45, 2.75) is 13.3 Å². The average Bonchev–Trinajstić information content (AvgIpc) is 2.98. The molecule has 1 aliphatic heterocycles. The Labute approximate surface area is 140 Å². The molecule has 1 fully saturated rings. The summed E-state index contributed by atoms with van der Waals surface area (Å²) in [6.07, 6.45) is 0.814. The molecule has 2 amide bonds. The lowest BCUT2D eigenvalue weighted by atomic mass is 10.1. The second-order valence-corrected chi connectivity index (χ2v) is 6.68. The number of nitrogens with zero attached hydrogens (tertiary/aromatic N) is 2. The molecule has 0 spiro atoms. The van der Waals surface area contributed by atoms with E-state index in [2.05, 4.69) is 0 Å². The lowest BCUT2D eigenvalue weighted by Crippen LogP contribution is -2.37. The number of aryl methyl sites for hydroxylation is 1. The lowest BCUT2D eigenvalue weighted by Gasteiger charge is -2.22. The molecule has 0 bridgehead atoms. The zero-order chi connectivity index (χ0) is 16.2. The van der Waals surface area contributed by atoms with Gasteiger partial charge >= 0.3 is 0 Å².